The quantitative estimate of drug-likeness (QED) is 0.686. The molecule has 5 heteroatoms. The second kappa shape index (κ2) is 6.32. The van der Waals surface area contributed by atoms with Gasteiger partial charge in [-0.25, -0.2) is 0 Å². The average molecular weight is 210 g/mol. The fraction of sp³-hybridized carbons (Fsp3) is 0.400. The summed E-state index contributed by atoms with van der Waals surface area (Å²) in [6.45, 7) is 2.72. The second-order valence-corrected chi connectivity index (χ2v) is 3.00. The van der Waals surface area contributed by atoms with Crippen LogP contribution < -0.4 is 9.47 Å². The van der Waals surface area contributed by atoms with E-state index in [2.05, 4.69) is 0 Å². The van der Waals surface area contributed by atoms with Crippen LogP contribution in [0.4, 0.5) is 0 Å². The lowest BCUT2D eigenvalue weighted by Gasteiger charge is -2.10. The van der Waals surface area contributed by atoms with Crippen molar-refractivity contribution < 1.29 is 19.5 Å². The van der Waals surface area contributed by atoms with Gasteiger partial charge in [-0.2, -0.15) is 0 Å². The van der Waals surface area contributed by atoms with Crippen LogP contribution in [-0.4, -0.2) is 30.4 Å². The maximum Gasteiger partial charge on any atom is 0.454 e. The molecule has 15 heavy (non-hydrogen) atoms. The van der Waals surface area contributed by atoms with Gasteiger partial charge in [0.05, 0.1) is 13.2 Å². The highest BCUT2D eigenvalue weighted by Gasteiger charge is 2.08. The zero-order chi connectivity index (χ0) is 11.1. The van der Waals surface area contributed by atoms with Gasteiger partial charge < -0.3 is 19.5 Å². The first-order valence-corrected chi connectivity index (χ1v) is 4.94. The lowest BCUT2D eigenvalue weighted by molar-refractivity contribution is 0.279. The van der Waals surface area contributed by atoms with Crippen LogP contribution in [0, 0.1) is 0 Å². The maximum atomic E-state index is 8.65. The van der Waals surface area contributed by atoms with Gasteiger partial charge in [-0.3, -0.25) is 0 Å². The van der Waals surface area contributed by atoms with Gasteiger partial charge in [-0.05, 0) is 19.1 Å². The summed E-state index contributed by atoms with van der Waals surface area (Å²) in [5.74, 6) is 1.30. The molecule has 4 nitrogen and oxygen atoms in total. The second-order valence-electron chi connectivity index (χ2n) is 3.00. The van der Waals surface area contributed by atoms with Crippen molar-refractivity contribution in [3.8, 4) is 11.5 Å². The molecule has 2 N–H and O–H groups in total. The number of ether oxygens (including phenoxy) is 2. The molecule has 0 fully saturated rings. The third kappa shape index (κ3) is 4.23. The van der Waals surface area contributed by atoms with Crippen LogP contribution >= 0.6 is 0 Å². The van der Waals surface area contributed by atoms with Gasteiger partial charge in [0, 0.05) is 6.32 Å². The summed E-state index contributed by atoms with van der Waals surface area (Å²) in [5, 5.41) is 17.3. The molecule has 0 aliphatic rings. The van der Waals surface area contributed by atoms with Gasteiger partial charge in [0.15, 0.2) is 11.5 Å². The van der Waals surface area contributed by atoms with E-state index in [1.807, 2.05) is 25.1 Å². The average Bonchev–Trinajstić information content (AvgIpc) is 2.20. The fourth-order valence-corrected chi connectivity index (χ4v) is 1.12. The molecule has 0 unspecified atom stereocenters. The maximum absolute atomic E-state index is 8.65. The molecule has 0 saturated heterocycles. The Morgan fingerprint density at radius 1 is 1.13 bits per heavy atom. The number of hydrogen-bond donors (Lipinski definition) is 2. The van der Waals surface area contributed by atoms with Crippen molar-refractivity contribution in [2.75, 3.05) is 13.2 Å². The van der Waals surface area contributed by atoms with Gasteiger partial charge in [0.25, 0.3) is 0 Å². The number of benzene rings is 1. The third-order valence-corrected chi connectivity index (χ3v) is 1.78. The molecule has 82 valence electrons. The van der Waals surface area contributed by atoms with E-state index in [0.717, 1.165) is 0 Å². The summed E-state index contributed by atoms with van der Waals surface area (Å²) in [4.78, 5) is 0. The molecule has 0 heterocycles. The summed E-state index contributed by atoms with van der Waals surface area (Å²) in [6.07, 6.45) is 0.181. The molecule has 0 amide bonds. The number of rotatable bonds is 6. The first-order chi connectivity index (χ1) is 7.24. The molecule has 0 radical (unpaired) electrons. The van der Waals surface area contributed by atoms with E-state index in [1.54, 1.807) is 6.07 Å². The van der Waals surface area contributed by atoms with E-state index >= 15 is 0 Å². The Hall–Kier alpha value is -1.20. The molecular weight excluding hydrogens is 195 g/mol. The smallest absolute Gasteiger partial charge is 0.454 e. The molecule has 1 aromatic rings. The molecule has 0 bridgehead atoms. The van der Waals surface area contributed by atoms with E-state index in [9.17, 15) is 0 Å². The Kier molecular flexibility index (Phi) is 5.00. The van der Waals surface area contributed by atoms with Crippen LogP contribution in [0.5, 0.6) is 11.5 Å². The topological polar surface area (TPSA) is 58.9 Å². The van der Waals surface area contributed by atoms with Gasteiger partial charge in [-0.1, -0.05) is 12.1 Å². The fourth-order valence-electron chi connectivity index (χ4n) is 1.12. The van der Waals surface area contributed by atoms with Gasteiger partial charge in [-0.15, -0.1) is 0 Å². The molecule has 0 aliphatic heterocycles. The van der Waals surface area contributed by atoms with E-state index < -0.39 is 7.12 Å². The minimum atomic E-state index is -1.33. The molecule has 0 aliphatic carbocycles. The van der Waals surface area contributed by atoms with Crippen molar-refractivity contribution in [2.24, 2.45) is 0 Å². The zero-order valence-electron chi connectivity index (χ0n) is 8.72. The summed E-state index contributed by atoms with van der Waals surface area (Å²) >= 11 is 0. The van der Waals surface area contributed by atoms with Gasteiger partial charge in [0.2, 0.25) is 0 Å². The Morgan fingerprint density at radius 2 is 1.73 bits per heavy atom. The minimum absolute atomic E-state index is 0.181. The normalized spacial score (nSPS) is 9.80. The van der Waals surface area contributed by atoms with E-state index in [0.29, 0.717) is 18.1 Å². The SMILES string of the molecule is CCOc1ccccc1OCCB(O)O. The van der Waals surface area contributed by atoms with Crippen LogP contribution in [0.1, 0.15) is 6.92 Å². The van der Waals surface area contributed by atoms with Crippen LogP contribution in [0.2, 0.25) is 6.32 Å². The highest BCUT2D eigenvalue weighted by Crippen LogP contribution is 2.26. The minimum Gasteiger partial charge on any atom is -0.490 e. The van der Waals surface area contributed by atoms with Crippen LogP contribution in [-0.2, 0) is 0 Å². The largest absolute Gasteiger partial charge is 0.490 e. The molecule has 0 saturated carbocycles. The molecule has 0 spiro atoms. The lowest BCUT2D eigenvalue weighted by Crippen LogP contribution is -2.15. The number of para-hydroxylation sites is 2. The van der Waals surface area contributed by atoms with Crippen molar-refractivity contribution in [2.45, 2.75) is 13.2 Å². The molecule has 1 aromatic carbocycles. The van der Waals surface area contributed by atoms with Crippen LogP contribution in [0.15, 0.2) is 24.3 Å². The van der Waals surface area contributed by atoms with Crippen molar-refractivity contribution in [1.29, 1.82) is 0 Å². The van der Waals surface area contributed by atoms with Crippen molar-refractivity contribution in [1.82, 2.24) is 0 Å². The third-order valence-electron chi connectivity index (χ3n) is 1.78. The van der Waals surface area contributed by atoms with Crippen LogP contribution in [0.25, 0.3) is 0 Å². The summed E-state index contributed by atoms with van der Waals surface area (Å²) < 4.78 is 10.7. The van der Waals surface area contributed by atoms with E-state index in [1.165, 1.54) is 0 Å². The molecule has 0 aromatic heterocycles. The van der Waals surface area contributed by atoms with E-state index in [4.69, 9.17) is 19.5 Å². The summed E-state index contributed by atoms with van der Waals surface area (Å²) in [7, 11) is -1.33. The first-order valence-electron chi connectivity index (χ1n) is 4.94. The van der Waals surface area contributed by atoms with E-state index in [-0.39, 0.29) is 12.9 Å². The Morgan fingerprint density at radius 3 is 2.27 bits per heavy atom. The molecular formula is C10H15BO4. The Bertz CT molecular complexity index is 291. The van der Waals surface area contributed by atoms with Crippen molar-refractivity contribution >= 4 is 7.12 Å². The van der Waals surface area contributed by atoms with Crippen LogP contribution in [0.3, 0.4) is 0 Å². The molecule has 1 rings (SSSR count). The first kappa shape index (κ1) is 11.9. The van der Waals surface area contributed by atoms with Crippen molar-refractivity contribution in [3.05, 3.63) is 24.3 Å². The summed E-state index contributed by atoms with van der Waals surface area (Å²) in [6, 6.07) is 7.30. The monoisotopic (exact) mass is 210 g/mol. The lowest BCUT2D eigenvalue weighted by atomic mass is 9.87. The number of hydrogen-bond acceptors (Lipinski definition) is 4. The Labute approximate surface area is 89.6 Å². The summed E-state index contributed by atoms with van der Waals surface area (Å²) in [5.41, 5.74) is 0. The highest BCUT2D eigenvalue weighted by atomic mass is 16.5. The van der Waals surface area contributed by atoms with Crippen molar-refractivity contribution in [3.63, 3.8) is 0 Å². The standard InChI is InChI=1S/C10H15BO4/c1-2-14-9-5-3-4-6-10(9)15-8-7-11(12)13/h3-6,12-13H,2,7-8H2,1H3. The van der Waals surface area contributed by atoms with Gasteiger partial charge >= 0.3 is 7.12 Å². The predicted molar refractivity (Wildman–Crippen MR) is 58.1 cm³/mol. The Balaban J connectivity index is 2.51. The zero-order valence-corrected chi connectivity index (χ0v) is 8.72. The predicted octanol–water partition coefficient (Wildman–Crippen LogP) is 0.937. The van der Waals surface area contributed by atoms with Gasteiger partial charge in [0.1, 0.15) is 0 Å². The molecule has 0 atom stereocenters. The highest BCUT2D eigenvalue weighted by molar-refractivity contribution is 6.41.